The molecule has 0 saturated carbocycles. The molecule has 2 nitrogen and oxygen atoms in total. The fraction of sp³-hybridized carbons (Fsp3) is 0.125. The molecule has 0 atom stereocenters. The van der Waals surface area contributed by atoms with Gasteiger partial charge in [0, 0.05) is 0 Å². The number of furan rings is 1. The number of allylic oxidation sites excluding steroid dienone is 1. The van der Waals surface area contributed by atoms with E-state index in [0.29, 0.717) is 11.3 Å². The van der Waals surface area contributed by atoms with Gasteiger partial charge in [-0.3, -0.25) is 4.79 Å². The number of carbonyl (C=O) groups excluding carboxylic acids is 1. The Labute approximate surface area is 73.0 Å². The van der Waals surface area contributed by atoms with Gasteiger partial charge in [0.25, 0.3) is 0 Å². The molecule has 1 aromatic heterocycles. The lowest BCUT2D eigenvalue weighted by Gasteiger charge is -1.87. The summed E-state index contributed by atoms with van der Waals surface area (Å²) < 4.78 is 5.91. The smallest absolute Gasteiger partial charge is 0.145 e. The van der Waals surface area contributed by atoms with Crippen LogP contribution in [-0.2, 0) is 4.79 Å². The van der Waals surface area contributed by atoms with Gasteiger partial charge in [-0.25, -0.2) is 0 Å². The van der Waals surface area contributed by atoms with E-state index < -0.39 is 0 Å². The summed E-state index contributed by atoms with van der Waals surface area (Å²) in [5, 5.41) is 0. The Bertz CT molecular complexity index is 286. The fourth-order valence-electron chi connectivity index (χ4n) is 0.649. The number of rotatable bonds is 2. The third-order valence-corrected chi connectivity index (χ3v) is 1.84. The summed E-state index contributed by atoms with van der Waals surface area (Å²) in [7, 11) is 0. The van der Waals surface area contributed by atoms with E-state index in [1.165, 1.54) is 0 Å². The van der Waals surface area contributed by atoms with Crippen LogP contribution in [0.1, 0.15) is 12.7 Å². The molecule has 0 unspecified atom stereocenters. The molecule has 1 heterocycles. The van der Waals surface area contributed by atoms with E-state index in [1.54, 1.807) is 25.3 Å². The van der Waals surface area contributed by atoms with Crippen molar-refractivity contribution in [1.29, 1.82) is 0 Å². The summed E-state index contributed by atoms with van der Waals surface area (Å²) in [6, 6.07) is 1.78. The zero-order valence-corrected chi connectivity index (χ0v) is 7.59. The zero-order chi connectivity index (χ0) is 8.27. The fourth-order valence-corrected chi connectivity index (χ4v) is 0.965. The molecule has 0 aromatic carbocycles. The first-order valence-electron chi connectivity index (χ1n) is 3.10. The van der Waals surface area contributed by atoms with Crippen molar-refractivity contribution in [3.63, 3.8) is 0 Å². The van der Waals surface area contributed by atoms with Crippen LogP contribution >= 0.6 is 15.9 Å². The second kappa shape index (κ2) is 3.53. The molecule has 11 heavy (non-hydrogen) atoms. The highest BCUT2D eigenvalue weighted by Crippen LogP contribution is 2.19. The minimum atomic E-state index is 0.639. The van der Waals surface area contributed by atoms with E-state index >= 15 is 0 Å². The highest BCUT2D eigenvalue weighted by atomic mass is 79.9. The first-order valence-corrected chi connectivity index (χ1v) is 3.90. The molecule has 1 rings (SSSR count). The Morgan fingerprint density at radius 2 is 2.45 bits per heavy atom. The average Bonchev–Trinajstić information content (AvgIpc) is 2.37. The van der Waals surface area contributed by atoms with Gasteiger partial charge in [0.15, 0.2) is 0 Å². The topological polar surface area (TPSA) is 30.2 Å². The van der Waals surface area contributed by atoms with Crippen LogP contribution in [0.15, 0.2) is 26.8 Å². The predicted octanol–water partition coefficient (Wildman–Crippen LogP) is 2.64. The Morgan fingerprint density at radius 3 is 2.91 bits per heavy atom. The number of aldehydes is 1. The second-order valence-corrected chi connectivity index (χ2v) is 2.99. The third kappa shape index (κ3) is 2.05. The number of hydrogen-bond donors (Lipinski definition) is 0. The van der Waals surface area contributed by atoms with Crippen LogP contribution in [0.5, 0.6) is 0 Å². The summed E-state index contributed by atoms with van der Waals surface area (Å²) in [5.41, 5.74) is 0.639. The predicted molar refractivity (Wildman–Crippen MR) is 46.1 cm³/mol. The van der Waals surface area contributed by atoms with E-state index in [0.717, 1.165) is 10.8 Å². The van der Waals surface area contributed by atoms with Gasteiger partial charge in [0.1, 0.15) is 12.0 Å². The SMILES string of the molecule is C/C(C=O)=C/c1occc1Br. The van der Waals surface area contributed by atoms with E-state index in [1.807, 2.05) is 0 Å². The molecule has 3 heteroatoms. The standard InChI is InChI=1S/C8H7BrO2/c1-6(5-10)4-8-7(9)2-3-11-8/h2-5H,1H3/b6-4-. The Hall–Kier alpha value is -0.830. The van der Waals surface area contributed by atoms with Crippen LogP contribution in [-0.4, -0.2) is 6.29 Å². The summed E-state index contributed by atoms with van der Waals surface area (Å²) in [5.74, 6) is 0.676. The highest BCUT2D eigenvalue weighted by Gasteiger charge is 1.98. The van der Waals surface area contributed by atoms with Crippen LogP contribution in [0.2, 0.25) is 0 Å². The molecule has 0 aliphatic rings. The maximum atomic E-state index is 10.2. The van der Waals surface area contributed by atoms with Crippen molar-refractivity contribution in [3.05, 3.63) is 28.1 Å². The van der Waals surface area contributed by atoms with E-state index in [2.05, 4.69) is 15.9 Å². The molecule has 0 bridgehead atoms. The third-order valence-electron chi connectivity index (χ3n) is 1.19. The lowest BCUT2D eigenvalue weighted by molar-refractivity contribution is -0.104. The Kier molecular flexibility index (Phi) is 2.65. The van der Waals surface area contributed by atoms with Crippen molar-refractivity contribution >= 4 is 28.3 Å². The molecule has 0 fully saturated rings. The van der Waals surface area contributed by atoms with Gasteiger partial charge in [-0.15, -0.1) is 0 Å². The molecular formula is C8H7BrO2. The summed E-state index contributed by atoms with van der Waals surface area (Å²) in [6.45, 7) is 1.72. The van der Waals surface area contributed by atoms with E-state index in [-0.39, 0.29) is 0 Å². The van der Waals surface area contributed by atoms with Crippen molar-refractivity contribution in [2.45, 2.75) is 6.92 Å². The van der Waals surface area contributed by atoms with Crippen molar-refractivity contribution in [2.24, 2.45) is 0 Å². The van der Waals surface area contributed by atoms with Crippen LogP contribution < -0.4 is 0 Å². The van der Waals surface area contributed by atoms with Gasteiger partial charge >= 0.3 is 0 Å². The lowest BCUT2D eigenvalue weighted by Crippen LogP contribution is -1.75. The Balaban J connectivity index is 2.94. The minimum absolute atomic E-state index is 0.639. The molecular weight excluding hydrogens is 208 g/mol. The first kappa shape index (κ1) is 8.27. The number of hydrogen-bond acceptors (Lipinski definition) is 2. The number of carbonyl (C=O) groups is 1. The summed E-state index contributed by atoms with van der Waals surface area (Å²) >= 11 is 3.27. The maximum absolute atomic E-state index is 10.2. The number of halogens is 1. The van der Waals surface area contributed by atoms with Gasteiger partial charge in [0.2, 0.25) is 0 Å². The Morgan fingerprint density at radius 1 is 1.73 bits per heavy atom. The van der Waals surface area contributed by atoms with E-state index in [4.69, 9.17) is 4.42 Å². The van der Waals surface area contributed by atoms with Gasteiger partial charge in [-0.2, -0.15) is 0 Å². The van der Waals surface area contributed by atoms with Crippen molar-refractivity contribution in [1.82, 2.24) is 0 Å². The summed E-state index contributed by atoms with van der Waals surface area (Å²) in [4.78, 5) is 10.2. The molecule has 0 amide bonds. The summed E-state index contributed by atoms with van der Waals surface area (Å²) in [6.07, 6.45) is 4.03. The van der Waals surface area contributed by atoms with Crippen molar-refractivity contribution in [2.75, 3.05) is 0 Å². The molecule has 0 N–H and O–H groups in total. The van der Waals surface area contributed by atoms with Crippen LogP contribution in [0.25, 0.3) is 6.08 Å². The van der Waals surface area contributed by atoms with Crippen molar-refractivity contribution < 1.29 is 9.21 Å². The average molecular weight is 215 g/mol. The van der Waals surface area contributed by atoms with Crippen LogP contribution in [0.4, 0.5) is 0 Å². The maximum Gasteiger partial charge on any atom is 0.145 e. The molecule has 0 aliphatic carbocycles. The van der Waals surface area contributed by atoms with Crippen molar-refractivity contribution in [3.8, 4) is 0 Å². The molecule has 1 aromatic rings. The molecule has 58 valence electrons. The van der Waals surface area contributed by atoms with E-state index in [9.17, 15) is 4.79 Å². The minimum Gasteiger partial charge on any atom is -0.464 e. The quantitative estimate of drug-likeness (QED) is 0.560. The highest BCUT2D eigenvalue weighted by molar-refractivity contribution is 9.10. The molecule has 0 saturated heterocycles. The van der Waals surface area contributed by atoms with Crippen LogP contribution in [0, 0.1) is 0 Å². The van der Waals surface area contributed by atoms with Crippen LogP contribution in [0.3, 0.4) is 0 Å². The molecule has 0 spiro atoms. The molecule has 0 aliphatic heterocycles. The van der Waals surface area contributed by atoms with Gasteiger partial charge < -0.3 is 4.42 Å². The van der Waals surface area contributed by atoms with Gasteiger partial charge in [0.05, 0.1) is 10.7 Å². The largest absolute Gasteiger partial charge is 0.464 e. The van der Waals surface area contributed by atoms with Gasteiger partial charge in [-0.1, -0.05) is 0 Å². The first-order chi connectivity index (χ1) is 5.24. The second-order valence-electron chi connectivity index (χ2n) is 2.14. The zero-order valence-electron chi connectivity index (χ0n) is 6.00. The molecule has 0 radical (unpaired) electrons. The monoisotopic (exact) mass is 214 g/mol. The normalized spacial score (nSPS) is 11.6. The van der Waals surface area contributed by atoms with Gasteiger partial charge in [-0.05, 0) is 40.6 Å². The lowest BCUT2D eigenvalue weighted by atomic mass is 10.3.